The number of carbonyl (C=O) groups excluding carboxylic acids is 1. The summed E-state index contributed by atoms with van der Waals surface area (Å²) in [6.45, 7) is 6.55. The van der Waals surface area contributed by atoms with E-state index in [1.807, 2.05) is 12.3 Å². The monoisotopic (exact) mass is 458 g/mol. The van der Waals surface area contributed by atoms with Gasteiger partial charge in [-0.3, -0.25) is 9.69 Å². The minimum atomic E-state index is -0.411. The first kappa shape index (κ1) is 22.9. The van der Waals surface area contributed by atoms with Crippen molar-refractivity contribution in [3.63, 3.8) is 0 Å². The molecule has 0 bridgehead atoms. The maximum Gasteiger partial charge on any atom is 0.222 e. The van der Waals surface area contributed by atoms with Crippen molar-refractivity contribution in [1.82, 2.24) is 15.2 Å². The third-order valence-electron chi connectivity index (χ3n) is 7.81. The first-order valence-corrected chi connectivity index (χ1v) is 12.8. The standard InChI is InChI=1S/C25H38N4O4/c30-20-15-21(33-17-20)16-24(31)27-19-3-1-18(2-4-19)6-9-28-10-12-29(13-11-28)25-22-7-14-32-23(22)5-8-26-25/h5,8,18-21,30H,1-4,6-7,9-17H2,(H,27,31)/t18?,19?,20-,21-/m0/s1. The molecular weight excluding hydrogens is 420 g/mol. The van der Waals surface area contributed by atoms with E-state index in [9.17, 15) is 9.90 Å². The lowest BCUT2D eigenvalue weighted by Crippen LogP contribution is -2.47. The fourth-order valence-electron chi connectivity index (χ4n) is 5.84. The summed E-state index contributed by atoms with van der Waals surface area (Å²) in [4.78, 5) is 22.0. The van der Waals surface area contributed by atoms with Crippen LogP contribution >= 0.6 is 0 Å². The topological polar surface area (TPSA) is 87.2 Å². The molecule has 1 saturated carbocycles. The minimum absolute atomic E-state index is 0.0699. The van der Waals surface area contributed by atoms with E-state index in [2.05, 4.69) is 20.1 Å². The van der Waals surface area contributed by atoms with E-state index in [0.29, 0.717) is 25.5 Å². The number of ether oxygens (including phenoxy) is 2. The predicted octanol–water partition coefficient (Wildman–Crippen LogP) is 1.74. The third-order valence-corrected chi connectivity index (χ3v) is 7.81. The molecule has 1 aliphatic carbocycles. The molecule has 8 heteroatoms. The van der Waals surface area contributed by atoms with Crippen LogP contribution in [0.4, 0.5) is 5.82 Å². The van der Waals surface area contributed by atoms with Gasteiger partial charge in [-0.1, -0.05) is 0 Å². The van der Waals surface area contributed by atoms with E-state index >= 15 is 0 Å². The first-order chi connectivity index (χ1) is 16.1. The SMILES string of the molecule is O=C(C[C@@H]1C[C@H](O)CO1)NC1CCC(CCN2CCN(c3nccc4c3CCO4)CC2)CC1. The molecule has 2 N–H and O–H groups in total. The molecule has 0 unspecified atom stereocenters. The lowest BCUT2D eigenvalue weighted by atomic mass is 9.84. The Hall–Kier alpha value is -1.90. The summed E-state index contributed by atoms with van der Waals surface area (Å²) in [5.74, 6) is 2.97. The van der Waals surface area contributed by atoms with E-state index in [0.717, 1.165) is 69.5 Å². The van der Waals surface area contributed by atoms with Gasteiger partial charge in [0.2, 0.25) is 5.91 Å². The van der Waals surface area contributed by atoms with Crippen molar-refractivity contribution in [2.75, 3.05) is 50.8 Å². The van der Waals surface area contributed by atoms with Crippen LogP contribution in [0.15, 0.2) is 12.3 Å². The number of rotatable bonds is 7. The van der Waals surface area contributed by atoms with Crippen LogP contribution in [0, 0.1) is 5.92 Å². The van der Waals surface area contributed by atoms with E-state index in [4.69, 9.17) is 9.47 Å². The zero-order valence-electron chi connectivity index (χ0n) is 19.6. The first-order valence-electron chi connectivity index (χ1n) is 12.8. The van der Waals surface area contributed by atoms with Gasteiger partial charge in [-0.25, -0.2) is 4.98 Å². The Morgan fingerprint density at radius 3 is 2.76 bits per heavy atom. The van der Waals surface area contributed by atoms with Gasteiger partial charge in [0.15, 0.2) is 0 Å². The molecule has 8 nitrogen and oxygen atoms in total. The number of amides is 1. The molecule has 1 amide bonds. The van der Waals surface area contributed by atoms with Crippen LogP contribution in [0.5, 0.6) is 5.75 Å². The van der Waals surface area contributed by atoms with Crippen molar-refractivity contribution in [3.05, 3.63) is 17.8 Å². The molecule has 4 heterocycles. The Bertz CT molecular complexity index is 806. The Balaban J connectivity index is 0.981. The predicted molar refractivity (Wildman–Crippen MR) is 126 cm³/mol. The van der Waals surface area contributed by atoms with Crippen molar-refractivity contribution in [3.8, 4) is 5.75 Å². The van der Waals surface area contributed by atoms with Crippen molar-refractivity contribution in [2.24, 2.45) is 5.92 Å². The number of hydrogen-bond acceptors (Lipinski definition) is 7. The molecule has 3 fully saturated rings. The number of aliphatic hydroxyl groups is 1. The van der Waals surface area contributed by atoms with Gasteiger partial charge >= 0.3 is 0 Å². The van der Waals surface area contributed by atoms with Crippen molar-refractivity contribution in [1.29, 1.82) is 0 Å². The van der Waals surface area contributed by atoms with Crippen LogP contribution in [-0.2, 0) is 16.0 Å². The van der Waals surface area contributed by atoms with E-state index in [-0.39, 0.29) is 12.0 Å². The maximum absolute atomic E-state index is 12.3. The molecule has 5 rings (SSSR count). The number of piperazine rings is 1. The smallest absolute Gasteiger partial charge is 0.222 e. The van der Waals surface area contributed by atoms with Gasteiger partial charge in [-0.2, -0.15) is 0 Å². The highest BCUT2D eigenvalue weighted by Crippen LogP contribution is 2.32. The van der Waals surface area contributed by atoms with Gasteiger partial charge in [0.1, 0.15) is 11.6 Å². The average Bonchev–Trinajstić information content (AvgIpc) is 3.47. The number of aromatic nitrogens is 1. The van der Waals surface area contributed by atoms with E-state index < -0.39 is 6.10 Å². The third kappa shape index (κ3) is 5.78. The minimum Gasteiger partial charge on any atom is -0.493 e. The maximum atomic E-state index is 12.3. The van der Waals surface area contributed by atoms with Crippen LogP contribution in [0.3, 0.4) is 0 Å². The summed E-state index contributed by atoms with van der Waals surface area (Å²) in [5.41, 5.74) is 1.28. The molecular formula is C25H38N4O4. The van der Waals surface area contributed by atoms with Crippen LogP contribution in [0.1, 0.15) is 50.5 Å². The second-order valence-corrected chi connectivity index (χ2v) is 10.2. The number of pyridine rings is 1. The molecule has 2 saturated heterocycles. The van der Waals surface area contributed by atoms with Gasteiger partial charge in [0.05, 0.1) is 31.8 Å². The number of aliphatic hydroxyl groups excluding tert-OH is 1. The zero-order valence-corrected chi connectivity index (χ0v) is 19.6. The van der Waals surface area contributed by atoms with Gasteiger partial charge in [-0.05, 0) is 50.6 Å². The van der Waals surface area contributed by atoms with Crippen LogP contribution in [0.2, 0.25) is 0 Å². The van der Waals surface area contributed by atoms with Gasteiger partial charge in [0.25, 0.3) is 0 Å². The lowest BCUT2D eigenvalue weighted by molar-refractivity contribution is -0.124. The Morgan fingerprint density at radius 1 is 1.18 bits per heavy atom. The van der Waals surface area contributed by atoms with Gasteiger partial charge in [-0.15, -0.1) is 0 Å². The average molecular weight is 459 g/mol. The summed E-state index contributed by atoms with van der Waals surface area (Å²) >= 11 is 0. The number of nitrogens with one attached hydrogen (secondary N) is 1. The summed E-state index contributed by atoms with van der Waals surface area (Å²) in [6.07, 6.45) is 9.06. The molecule has 0 aromatic carbocycles. The number of fused-ring (bicyclic) bond motifs is 1. The van der Waals surface area contributed by atoms with Crippen LogP contribution in [0.25, 0.3) is 0 Å². The lowest BCUT2D eigenvalue weighted by Gasteiger charge is -2.37. The number of hydrogen-bond donors (Lipinski definition) is 2. The zero-order chi connectivity index (χ0) is 22.6. The van der Waals surface area contributed by atoms with Crippen molar-refractivity contribution >= 4 is 11.7 Å². The molecule has 1 aromatic rings. The fraction of sp³-hybridized carbons (Fsp3) is 0.760. The van der Waals surface area contributed by atoms with Gasteiger partial charge in [0, 0.05) is 56.8 Å². The Labute approximate surface area is 196 Å². The molecule has 3 aliphatic heterocycles. The normalized spacial score (nSPS) is 30.2. The molecule has 182 valence electrons. The number of nitrogens with zero attached hydrogens (tertiary/aromatic N) is 3. The van der Waals surface area contributed by atoms with Crippen molar-refractivity contribution in [2.45, 2.75) is 69.6 Å². The largest absolute Gasteiger partial charge is 0.493 e. The Morgan fingerprint density at radius 2 is 2.00 bits per heavy atom. The fourth-order valence-corrected chi connectivity index (χ4v) is 5.84. The second kappa shape index (κ2) is 10.6. The Kier molecular flexibility index (Phi) is 7.33. The van der Waals surface area contributed by atoms with Gasteiger partial charge < -0.3 is 24.8 Å². The molecule has 1 aromatic heterocycles. The summed E-state index contributed by atoms with van der Waals surface area (Å²) in [6, 6.07) is 2.28. The molecule has 33 heavy (non-hydrogen) atoms. The second-order valence-electron chi connectivity index (χ2n) is 10.2. The van der Waals surface area contributed by atoms with Crippen LogP contribution in [-0.4, -0.2) is 85.1 Å². The highest BCUT2D eigenvalue weighted by atomic mass is 16.5. The summed E-state index contributed by atoms with van der Waals surface area (Å²) in [5, 5.41) is 12.7. The quantitative estimate of drug-likeness (QED) is 0.644. The molecule has 2 atom stereocenters. The highest BCUT2D eigenvalue weighted by molar-refractivity contribution is 5.76. The summed E-state index contributed by atoms with van der Waals surface area (Å²) in [7, 11) is 0. The molecule has 4 aliphatic rings. The number of carbonyl (C=O) groups is 1. The van der Waals surface area contributed by atoms with Crippen LogP contribution < -0.4 is 15.0 Å². The van der Waals surface area contributed by atoms with Crippen molar-refractivity contribution < 1.29 is 19.4 Å². The molecule has 0 radical (unpaired) electrons. The van der Waals surface area contributed by atoms with E-state index in [1.165, 1.54) is 31.4 Å². The number of anilines is 1. The summed E-state index contributed by atoms with van der Waals surface area (Å²) < 4.78 is 11.2. The van der Waals surface area contributed by atoms with E-state index in [1.54, 1.807) is 0 Å². The highest BCUT2D eigenvalue weighted by Gasteiger charge is 2.29. The molecule has 0 spiro atoms.